The number of thioether (sulfide) groups is 2. The van der Waals surface area contributed by atoms with Crippen LogP contribution in [-0.2, 0) is 0 Å². The predicted octanol–water partition coefficient (Wildman–Crippen LogP) is 11.6. The first kappa shape index (κ1) is 54.1. The molecule has 0 fully saturated rings. The lowest BCUT2D eigenvalue weighted by atomic mass is 10.1. The van der Waals surface area contributed by atoms with Gasteiger partial charge in [0.05, 0.1) is 24.4 Å². The Morgan fingerprint density at radius 2 is 0.611 bits per heavy atom. The number of unbranched alkanes of at least 4 members (excludes halogenated alkanes) is 20. The summed E-state index contributed by atoms with van der Waals surface area (Å²) in [5.74, 6) is 1.27. The van der Waals surface area contributed by atoms with Crippen LogP contribution in [0.15, 0.2) is 0 Å². The zero-order valence-corrected chi connectivity index (χ0v) is 37.8. The summed E-state index contributed by atoms with van der Waals surface area (Å²) >= 11 is 2.67. The molecule has 4 atom stereocenters. The van der Waals surface area contributed by atoms with Gasteiger partial charge in [-0.05, 0) is 25.7 Å². The van der Waals surface area contributed by atoms with E-state index in [-0.39, 0.29) is 4.45 Å². The van der Waals surface area contributed by atoms with Crippen LogP contribution in [0.25, 0.3) is 0 Å². The largest absolute Gasteiger partial charge is 0.392 e. The van der Waals surface area contributed by atoms with Crippen LogP contribution in [0.2, 0.25) is 0 Å². The fraction of sp³-hybridized carbons (Fsp3) is 0.978. The van der Waals surface area contributed by atoms with E-state index in [4.69, 9.17) is 0 Å². The highest BCUT2D eigenvalue weighted by Gasteiger charge is 2.19. The summed E-state index contributed by atoms with van der Waals surface area (Å²) in [6.45, 7) is 12.4. The quantitative estimate of drug-likeness (QED) is 0.0449. The predicted molar refractivity (Wildman–Crippen MR) is 239 cm³/mol. The molecule has 0 aromatic heterocycles. The number of nitrogens with zero attached hydrogens (tertiary/aromatic N) is 2. The Bertz CT molecular complexity index is 674. The highest BCUT2D eigenvalue weighted by molar-refractivity contribution is 8.38. The van der Waals surface area contributed by atoms with E-state index in [0.717, 1.165) is 77.0 Å². The summed E-state index contributed by atoms with van der Waals surface area (Å²) in [7, 11) is 0. The number of carbonyl (C=O) groups excluding carboxylic acids is 1. The first-order valence-electron chi connectivity index (χ1n) is 23.2. The summed E-state index contributed by atoms with van der Waals surface area (Å²) in [5, 5.41) is 43.5. The molecule has 7 nitrogen and oxygen atoms in total. The molecule has 0 aromatic carbocycles. The first-order valence-corrected chi connectivity index (χ1v) is 25.2. The summed E-state index contributed by atoms with van der Waals surface area (Å²) in [6.07, 6.45) is 30.4. The molecule has 0 aliphatic rings. The maximum atomic E-state index is 13.0. The summed E-state index contributed by atoms with van der Waals surface area (Å²) in [6, 6.07) is 0. The number of hydrogen-bond donors (Lipinski definition) is 4. The van der Waals surface area contributed by atoms with Gasteiger partial charge in [0, 0.05) is 50.8 Å². The third kappa shape index (κ3) is 37.7. The van der Waals surface area contributed by atoms with Gasteiger partial charge in [-0.25, -0.2) is 0 Å². The Morgan fingerprint density at radius 3 is 0.852 bits per heavy atom. The third-order valence-corrected chi connectivity index (χ3v) is 12.6. The van der Waals surface area contributed by atoms with Gasteiger partial charge in [0.15, 0.2) is 0 Å². The molecule has 0 saturated carbocycles. The number of rotatable bonds is 42. The van der Waals surface area contributed by atoms with Crippen LogP contribution in [0.5, 0.6) is 0 Å². The van der Waals surface area contributed by atoms with Gasteiger partial charge in [-0.2, -0.15) is 0 Å². The van der Waals surface area contributed by atoms with E-state index in [1.807, 2.05) is 0 Å². The summed E-state index contributed by atoms with van der Waals surface area (Å²) in [4.78, 5) is 17.3. The van der Waals surface area contributed by atoms with E-state index >= 15 is 0 Å². The molecule has 0 aromatic rings. The fourth-order valence-corrected chi connectivity index (χ4v) is 9.14. The maximum absolute atomic E-state index is 13.0. The van der Waals surface area contributed by atoms with Crippen molar-refractivity contribution in [3.8, 4) is 0 Å². The molecular formula is C45H92N2O5S2. The number of aliphatic hydroxyl groups excluding tert-OH is 4. The summed E-state index contributed by atoms with van der Waals surface area (Å²) in [5.41, 5.74) is 0. The molecular weight excluding hydrogens is 713 g/mol. The van der Waals surface area contributed by atoms with Crippen molar-refractivity contribution >= 4 is 28.0 Å². The number of carbonyl (C=O) groups is 1. The van der Waals surface area contributed by atoms with E-state index in [1.165, 1.54) is 126 Å². The Hall–Kier alpha value is 0.130. The Labute approximate surface area is 344 Å². The van der Waals surface area contributed by atoms with Crippen molar-refractivity contribution in [3.05, 3.63) is 0 Å². The monoisotopic (exact) mass is 805 g/mol. The van der Waals surface area contributed by atoms with Crippen molar-refractivity contribution in [2.24, 2.45) is 0 Å². The van der Waals surface area contributed by atoms with Crippen LogP contribution < -0.4 is 0 Å². The van der Waals surface area contributed by atoms with Crippen LogP contribution in [0.4, 0.5) is 4.79 Å². The van der Waals surface area contributed by atoms with E-state index in [2.05, 4.69) is 37.5 Å². The average Bonchev–Trinajstić information content (AvgIpc) is 3.14. The zero-order valence-electron chi connectivity index (χ0n) is 36.2. The normalized spacial score (nSPS) is 14.3. The Kier molecular flexibility index (Phi) is 41.4. The maximum Gasteiger partial charge on any atom is 0.246 e. The van der Waals surface area contributed by atoms with E-state index in [0.29, 0.717) is 50.8 Å². The van der Waals surface area contributed by atoms with E-state index in [1.54, 1.807) is 0 Å². The van der Waals surface area contributed by atoms with Gasteiger partial charge in [-0.3, -0.25) is 14.6 Å². The second-order valence-corrected chi connectivity index (χ2v) is 18.7. The Balaban J connectivity index is 4.91. The lowest BCUT2D eigenvalue weighted by molar-refractivity contribution is 0.0634. The van der Waals surface area contributed by atoms with Gasteiger partial charge in [-0.15, -0.1) is 0 Å². The van der Waals surface area contributed by atoms with Gasteiger partial charge in [0.25, 0.3) is 0 Å². The second kappa shape index (κ2) is 41.3. The van der Waals surface area contributed by atoms with Crippen LogP contribution >= 0.6 is 23.5 Å². The lowest BCUT2D eigenvalue weighted by Gasteiger charge is -2.27. The van der Waals surface area contributed by atoms with E-state index in [9.17, 15) is 25.2 Å². The first-order chi connectivity index (χ1) is 26.2. The molecule has 4 N–H and O–H groups in total. The third-order valence-electron chi connectivity index (χ3n) is 10.7. The summed E-state index contributed by atoms with van der Waals surface area (Å²) < 4.78 is 0.0930. The molecule has 0 rings (SSSR count). The molecule has 0 heterocycles. The second-order valence-electron chi connectivity index (χ2n) is 16.3. The molecule has 0 saturated heterocycles. The van der Waals surface area contributed by atoms with Gasteiger partial charge < -0.3 is 20.4 Å². The molecule has 0 spiro atoms. The highest BCUT2D eigenvalue weighted by Crippen LogP contribution is 2.19. The van der Waals surface area contributed by atoms with Crippen molar-refractivity contribution in [2.45, 2.75) is 232 Å². The minimum absolute atomic E-state index is 0.0930. The van der Waals surface area contributed by atoms with Crippen LogP contribution in [0.3, 0.4) is 0 Å². The van der Waals surface area contributed by atoms with Crippen LogP contribution in [0, 0.1) is 0 Å². The molecule has 4 unspecified atom stereocenters. The van der Waals surface area contributed by atoms with Gasteiger partial charge >= 0.3 is 0 Å². The topological polar surface area (TPSA) is 104 Å². The van der Waals surface area contributed by atoms with Gasteiger partial charge in [-0.1, -0.05) is 205 Å². The molecule has 324 valence electrons. The van der Waals surface area contributed by atoms with Crippen molar-refractivity contribution < 1.29 is 25.2 Å². The number of hydrogen-bond acceptors (Lipinski definition) is 9. The Morgan fingerprint density at radius 1 is 0.389 bits per heavy atom. The molecule has 9 heteroatoms. The highest BCUT2D eigenvalue weighted by atomic mass is 32.2. The van der Waals surface area contributed by atoms with Crippen LogP contribution in [0.1, 0.15) is 207 Å². The molecule has 0 aliphatic heterocycles. The lowest BCUT2D eigenvalue weighted by Crippen LogP contribution is -2.39. The van der Waals surface area contributed by atoms with Crippen LogP contribution in [-0.4, -0.2) is 110 Å². The number of aliphatic hydroxyl groups is 4. The van der Waals surface area contributed by atoms with Gasteiger partial charge in [0.1, 0.15) is 0 Å². The zero-order chi connectivity index (χ0) is 39.9. The smallest absolute Gasteiger partial charge is 0.246 e. The van der Waals surface area contributed by atoms with Crippen molar-refractivity contribution in [1.82, 2.24) is 9.80 Å². The molecule has 54 heavy (non-hydrogen) atoms. The minimum Gasteiger partial charge on any atom is -0.392 e. The molecule has 0 amide bonds. The average molecular weight is 805 g/mol. The standard InChI is InChI=1S/C45H92N2O5S2/c1-5-9-13-17-21-25-29-41(48)37-46(38-42(49)30-26-22-18-14-10-6-2)33-35-53-45(52)54-36-34-47(39-43(50)31-27-23-19-15-11-7-3)40-44(51)32-28-24-20-16-12-8-4/h41-44,48-51H,5-40H2,1-4H3. The minimum atomic E-state index is -0.411. The van der Waals surface area contributed by atoms with E-state index < -0.39 is 24.4 Å². The van der Waals surface area contributed by atoms with Crippen molar-refractivity contribution in [3.63, 3.8) is 0 Å². The molecule has 0 bridgehead atoms. The van der Waals surface area contributed by atoms with Crippen molar-refractivity contribution in [2.75, 3.05) is 50.8 Å². The molecule has 0 aliphatic carbocycles. The SMILES string of the molecule is CCCCCCCCC(O)CN(CCSC(=O)SCCN(CC(O)CCCCCCCC)CC(O)CCCCCCCC)CC(O)CCCCCCCC. The van der Waals surface area contributed by atoms with Crippen molar-refractivity contribution in [1.29, 1.82) is 0 Å². The molecule has 0 radical (unpaired) electrons. The van der Waals surface area contributed by atoms with Gasteiger partial charge in [0.2, 0.25) is 4.45 Å². The fourth-order valence-electron chi connectivity index (χ4n) is 7.27.